The Bertz CT molecular complexity index is 71.6. The predicted molar refractivity (Wildman–Crippen MR) is 28.8 cm³/mol. The minimum atomic E-state index is 0.885. The predicted octanol–water partition coefficient (Wildman–Crippen LogP) is 1.53. The van der Waals surface area contributed by atoms with Crippen molar-refractivity contribution in [3.05, 3.63) is 17.4 Å². The minimum Gasteiger partial charge on any atom is -0.507 e. The van der Waals surface area contributed by atoms with Crippen molar-refractivity contribution in [2.75, 3.05) is 6.26 Å². The molecule has 0 aromatic carbocycles. The van der Waals surface area contributed by atoms with Crippen molar-refractivity contribution in [3.8, 4) is 0 Å². The lowest BCUT2D eigenvalue weighted by molar-refractivity contribution is 0.475. The molecule has 0 radical (unpaired) electrons. The fraction of sp³-hybridized carbons (Fsp3) is 0.250. The van der Waals surface area contributed by atoms with Gasteiger partial charge >= 0.3 is 0 Å². The maximum absolute atomic E-state index is 7.92. The second-order valence-electron chi connectivity index (χ2n) is 0.649. The summed E-state index contributed by atoms with van der Waals surface area (Å²) in [4.78, 5) is 0. The molecule has 0 bridgehead atoms. The summed E-state index contributed by atoms with van der Waals surface area (Å²) in [6.45, 7) is 0. The Morgan fingerprint density at radius 3 is 2.67 bits per heavy atom. The first kappa shape index (κ1) is 5.67. The van der Waals surface area contributed by atoms with Gasteiger partial charge in [-0.2, -0.15) is 0 Å². The maximum atomic E-state index is 7.92. The quantitative estimate of drug-likeness (QED) is 0.400. The molecule has 0 fully saturated rings. The Hall–Kier alpha value is -0.330. The lowest BCUT2D eigenvalue weighted by atomic mass is 10.9. The highest BCUT2D eigenvalue weighted by Gasteiger charge is 1.52. The van der Waals surface area contributed by atoms with Crippen molar-refractivity contribution in [2.45, 2.75) is 0 Å². The molecule has 0 rings (SSSR count). The zero-order chi connectivity index (χ0) is 4.83. The van der Waals surface area contributed by atoms with Crippen LogP contribution in [0.4, 0.5) is 0 Å². The van der Waals surface area contributed by atoms with Crippen LogP contribution in [0.1, 0.15) is 0 Å². The van der Waals surface area contributed by atoms with Gasteiger partial charge in [-0.15, -0.1) is 11.8 Å². The fourth-order valence-electron chi connectivity index (χ4n) is 0.0985. The number of aliphatic hydroxyl groups is 1. The molecule has 0 heterocycles. The summed E-state index contributed by atoms with van der Waals surface area (Å²) in [6.07, 6.45) is 2.78. The Morgan fingerprint density at radius 1 is 1.83 bits per heavy atom. The number of aliphatic hydroxyl groups excluding tert-OH is 1. The van der Waals surface area contributed by atoms with E-state index >= 15 is 0 Å². The number of thioether (sulfide) groups is 1. The summed E-state index contributed by atoms with van der Waals surface area (Å²) in [5.74, 6) is 0. The largest absolute Gasteiger partial charge is 0.507 e. The zero-order valence-corrected chi connectivity index (χ0v) is 4.33. The molecule has 1 nitrogen and oxygen atoms in total. The van der Waals surface area contributed by atoms with Crippen molar-refractivity contribution < 1.29 is 5.11 Å². The molecule has 1 N–H and O–H groups in total. The van der Waals surface area contributed by atoms with E-state index in [1.807, 2.05) is 6.26 Å². The van der Waals surface area contributed by atoms with Gasteiger partial charge in [0, 0.05) is 5.41 Å². The Kier molecular flexibility index (Phi) is 4.41. The highest BCUT2D eigenvalue weighted by Crippen LogP contribution is 1.88. The average molecular weight is 102 g/mol. The van der Waals surface area contributed by atoms with Gasteiger partial charge in [-0.25, -0.2) is 0 Å². The Labute approximate surface area is 41.4 Å². The smallest absolute Gasteiger partial charge is 0.122 e. The van der Waals surface area contributed by atoms with E-state index < -0.39 is 0 Å². The first-order valence-electron chi connectivity index (χ1n) is 1.48. The molecule has 0 aromatic heterocycles. The molecule has 34 valence electrons. The van der Waals surface area contributed by atoms with Gasteiger partial charge in [0.05, 0.1) is 0 Å². The summed E-state index contributed by atoms with van der Waals surface area (Å²) in [7, 11) is 0. The third-order valence-electron chi connectivity index (χ3n) is 0.260. The van der Waals surface area contributed by atoms with Gasteiger partial charge in [-0.3, -0.25) is 0 Å². The number of hydrogen-bond donors (Lipinski definition) is 1. The highest BCUT2D eigenvalue weighted by atomic mass is 32.2. The Morgan fingerprint density at radius 2 is 2.50 bits per heavy atom. The summed E-state index contributed by atoms with van der Waals surface area (Å²) in [5.41, 5.74) is 2.47. The highest BCUT2D eigenvalue weighted by molar-refractivity contribution is 8.01. The molecule has 0 aromatic rings. The fourth-order valence-corrected chi connectivity index (χ4v) is 0.295. The van der Waals surface area contributed by atoms with Gasteiger partial charge in [0.1, 0.15) is 6.26 Å². The first-order valence-corrected chi connectivity index (χ1v) is 2.77. The molecule has 0 aliphatic carbocycles. The van der Waals surface area contributed by atoms with Gasteiger partial charge in [-0.1, -0.05) is 5.73 Å². The molecular weight excluding hydrogens is 96.1 g/mol. The second-order valence-corrected chi connectivity index (χ2v) is 1.36. The van der Waals surface area contributed by atoms with E-state index in [4.69, 9.17) is 5.11 Å². The topological polar surface area (TPSA) is 20.2 Å². The van der Waals surface area contributed by atoms with E-state index in [1.54, 1.807) is 5.41 Å². The van der Waals surface area contributed by atoms with E-state index in [1.165, 1.54) is 11.8 Å². The monoisotopic (exact) mass is 102 g/mol. The van der Waals surface area contributed by atoms with Crippen LogP contribution in [-0.4, -0.2) is 11.4 Å². The van der Waals surface area contributed by atoms with Crippen LogP contribution in [0.2, 0.25) is 0 Å². The van der Waals surface area contributed by atoms with Crippen LogP contribution in [0, 0.1) is 0 Å². The van der Waals surface area contributed by atoms with Crippen molar-refractivity contribution in [1.82, 2.24) is 0 Å². The molecule has 0 saturated heterocycles. The average Bonchev–Trinajstić information content (AvgIpc) is 1.61. The second kappa shape index (κ2) is 4.67. The summed E-state index contributed by atoms with van der Waals surface area (Å²) < 4.78 is 0. The lowest BCUT2D eigenvalue weighted by Gasteiger charge is -1.63. The lowest BCUT2D eigenvalue weighted by Crippen LogP contribution is -1.38. The van der Waals surface area contributed by atoms with Crippen LogP contribution in [0.15, 0.2) is 17.4 Å². The van der Waals surface area contributed by atoms with Gasteiger partial charge in [0.15, 0.2) is 0 Å². The SMILES string of the molecule is CSC=C=CO. The van der Waals surface area contributed by atoms with E-state index in [2.05, 4.69) is 5.73 Å². The molecule has 0 unspecified atom stereocenters. The van der Waals surface area contributed by atoms with E-state index in [9.17, 15) is 0 Å². The van der Waals surface area contributed by atoms with Gasteiger partial charge in [0.25, 0.3) is 0 Å². The van der Waals surface area contributed by atoms with Crippen LogP contribution >= 0.6 is 11.8 Å². The molecule has 0 spiro atoms. The zero-order valence-electron chi connectivity index (χ0n) is 3.51. The van der Waals surface area contributed by atoms with Crippen LogP contribution in [0.3, 0.4) is 0 Å². The number of rotatable bonds is 1. The first-order chi connectivity index (χ1) is 2.91. The summed E-state index contributed by atoms with van der Waals surface area (Å²) in [5, 5.41) is 9.58. The van der Waals surface area contributed by atoms with Crippen LogP contribution in [0.5, 0.6) is 0 Å². The molecule has 0 amide bonds. The summed E-state index contributed by atoms with van der Waals surface area (Å²) >= 11 is 1.50. The normalized spacial score (nSPS) is 6.17. The van der Waals surface area contributed by atoms with Crippen LogP contribution < -0.4 is 0 Å². The third kappa shape index (κ3) is 3.67. The van der Waals surface area contributed by atoms with Crippen LogP contribution in [-0.2, 0) is 0 Å². The molecule has 6 heavy (non-hydrogen) atoms. The van der Waals surface area contributed by atoms with Crippen molar-refractivity contribution >= 4 is 11.8 Å². The molecule has 0 aliphatic rings. The maximum Gasteiger partial charge on any atom is 0.122 e. The standard InChI is InChI=1S/C4H6OS/c1-6-4-2-3-5/h3-5H,1H3. The van der Waals surface area contributed by atoms with Crippen molar-refractivity contribution in [2.24, 2.45) is 0 Å². The van der Waals surface area contributed by atoms with Gasteiger partial charge < -0.3 is 5.11 Å². The Balaban J connectivity index is 3.18. The molecule has 0 aliphatic heterocycles. The van der Waals surface area contributed by atoms with E-state index in [0.717, 1.165) is 6.26 Å². The minimum absolute atomic E-state index is 0.885. The molecule has 2 heteroatoms. The van der Waals surface area contributed by atoms with Crippen molar-refractivity contribution in [3.63, 3.8) is 0 Å². The van der Waals surface area contributed by atoms with E-state index in [-0.39, 0.29) is 0 Å². The van der Waals surface area contributed by atoms with Crippen molar-refractivity contribution in [1.29, 1.82) is 0 Å². The third-order valence-corrected chi connectivity index (χ3v) is 0.632. The number of hydrogen-bond acceptors (Lipinski definition) is 2. The van der Waals surface area contributed by atoms with E-state index in [0.29, 0.717) is 0 Å². The van der Waals surface area contributed by atoms with Crippen LogP contribution in [0.25, 0.3) is 0 Å². The molecule has 0 saturated carbocycles. The molecular formula is C4H6OS. The molecule has 0 atom stereocenters. The van der Waals surface area contributed by atoms with Gasteiger partial charge in [0.2, 0.25) is 0 Å². The van der Waals surface area contributed by atoms with Gasteiger partial charge in [-0.05, 0) is 6.26 Å². The summed E-state index contributed by atoms with van der Waals surface area (Å²) in [6, 6.07) is 0.